The van der Waals surface area contributed by atoms with E-state index in [2.05, 4.69) is 22.3 Å². The van der Waals surface area contributed by atoms with Gasteiger partial charge < -0.3 is 5.32 Å². The second-order valence-corrected chi connectivity index (χ2v) is 7.49. The van der Waals surface area contributed by atoms with Crippen molar-refractivity contribution in [2.24, 2.45) is 0 Å². The maximum Gasteiger partial charge on any atom is 0.233 e. The molecule has 0 spiro atoms. The van der Waals surface area contributed by atoms with Crippen molar-refractivity contribution in [3.63, 3.8) is 0 Å². The molecule has 114 valence electrons. The average molecular weight is 304 g/mol. The fourth-order valence-corrected chi connectivity index (χ4v) is 3.72. The molecule has 1 N–H and O–H groups in total. The zero-order chi connectivity index (χ0) is 14.7. The van der Waals surface area contributed by atoms with Gasteiger partial charge in [-0.2, -0.15) is 0 Å². The van der Waals surface area contributed by atoms with Crippen LogP contribution >= 0.6 is 11.8 Å². The average Bonchev–Trinajstić information content (AvgIpc) is 3.26. The predicted octanol–water partition coefficient (Wildman–Crippen LogP) is 2.66. The van der Waals surface area contributed by atoms with E-state index in [1.54, 1.807) is 11.8 Å². The van der Waals surface area contributed by atoms with Crippen molar-refractivity contribution < 1.29 is 4.79 Å². The van der Waals surface area contributed by atoms with Gasteiger partial charge in [0, 0.05) is 30.9 Å². The van der Waals surface area contributed by atoms with Gasteiger partial charge in [0.15, 0.2) is 0 Å². The van der Waals surface area contributed by atoms with Crippen molar-refractivity contribution >= 4 is 17.7 Å². The number of nitrogens with zero attached hydrogens (tertiary/aromatic N) is 1. The molecule has 1 amide bonds. The highest BCUT2D eigenvalue weighted by Crippen LogP contribution is 2.30. The summed E-state index contributed by atoms with van der Waals surface area (Å²) in [6.45, 7) is 4.21. The lowest BCUT2D eigenvalue weighted by molar-refractivity contribution is -0.120. The van der Waals surface area contributed by atoms with E-state index >= 15 is 0 Å². The third-order valence-corrected chi connectivity index (χ3v) is 5.56. The summed E-state index contributed by atoms with van der Waals surface area (Å²) in [6.07, 6.45) is 3.81. The summed E-state index contributed by atoms with van der Waals surface area (Å²) in [7, 11) is 0. The Bertz CT molecular complexity index is 475. The summed E-state index contributed by atoms with van der Waals surface area (Å²) in [5.74, 6) is 1.09. The van der Waals surface area contributed by atoms with Gasteiger partial charge in [0.25, 0.3) is 0 Å². The number of carbonyl (C=O) groups excluding carboxylic acids is 1. The molecule has 4 heteroatoms. The van der Waals surface area contributed by atoms with E-state index in [-0.39, 0.29) is 11.2 Å². The molecule has 1 heterocycles. The second kappa shape index (κ2) is 6.84. The largest absolute Gasteiger partial charge is 0.351 e. The Morgan fingerprint density at radius 1 is 1.33 bits per heavy atom. The zero-order valence-corrected chi connectivity index (χ0v) is 13.4. The van der Waals surface area contributed by atoms with E-state index in [0.717, 1.165) is 31.3 Å². The van der Waals surface area contributed by atoms with Crippen LogP contribution in [0.15, 0.2) is 30.3 Å². The maximum absolute atomic E-state index is 12.3. The Labute approximate surface area is 131 Å². The van der Waals surface area contributed by atoms with Crippen LogP contribution in [0.4, 0.5) is 0 Å². The molecule has 1 saturated carbocycles. The molecule has 3 nitrogen and oxygen atoms in total. The highest BCUT2D eigenvalue weighted by atomic mass is 32.2. The van der Waals surface area contributed by atoms with Crippen molar-refractivity contribution in [2.75, 3.05) is 13.1 Å². The Kier molecular flexibility index (Phi) is 4.86. The van der Waals surface area contributed by atoms with Crippen LogP contribution in [0.5, 0.6) is 0 Å². The van der Waals surface area contributed by atoms with E-state index < -0.39 is 0 Å². The second-order valence-electron chi connectivity index (χ2n) is 6.16. The third kappa shape index (κ3) is 4.24. The highest BCUT2D eigenvalue weighted by Gasteiger charge is 2.35. The van der Waals surface area contributed by atoms with Crippen LogP contribution < -0.4 is 5.32 Å². The van der Waals surface area contributed by atoms with Crippen LogP contribution in [0, 0.1) is 0 Å². The highest BCUT2D eigenvalue weighted by molar-refractivity contribution is 7.99. The molecule has 2 aliphatic rings. The van der Waals surface area contributed by atoms with Crippen LogP contribution in [0.2, 0.25) is 0 Å². The molecule has 1 aromatic carbocycles. The summed E-state index contributed by atoms with van der Waals surface area (Å²) < 4.78 is 0. The molecule has 0 unspecified atom stereocenters. The molecule has 1 saturated heterocycles. The van der Waals surface area contributed by atoms with Gasteiger partial charge in [-0.25, -0.2) is 0 Å². The van der Waals surface area contributed by atoms with Gasteiger partial charge in [0.1, 0.15) is 0 Å². The van der Waals surface area contributed by atoms with Crippen molar-refractivity contribution in [1.82, 2.24) is 10.2 Å². The lowest BCUT2D eigenvalue weighted by Gasteiger charge is -2.18. The normalized spacial score (nSPS) is 24.0. The van der Waals surface area contributed by atoms with Gasteiger partial charge in [-0.15, -0.1) is 11.8 Å². The SMILES string of the molecule is C[C@@H](SCc1ccccc1)C(=O)N[C@H]1CCN(C2CC2)C1. The minimum absolute atomic E-state index is 0.0141. The van der Waals surface area contributed by atoms with Gasteiger partial charge >= 0.3 is 0 Å². The zero-order valence-electron chi connectivity index (χ0n) is 12.6. The third-order valence-electron chi connectivity index (χ3n) is 4.34. The van der Waals surface area contributed by atoms with Crippen molar-refractivity contribution in [2.45, 2.75) is 49.3 Å². The summed E-state index contributed by atoms with van der Waals surface area (Å²) in [5.41, 5.74) is 1.28. The number of likely N-dealkylation sites (tertiary alicyclic amines) is 1. The molecular weight excluding hydrogens is 280 g/mol. The maximum atomic E-state index is 12.3. The van der Waals surface area contributed by atoms with E-state index in [1.807, 2.05) is 25.1 Å². The number of hydrogen-bond donors (Lipinski definition) is 1. The van der Waals surface area contributed by atoms with E-state index in [0.29, 0.717) is 6.04 Å². The number of hydrogen-bond acceptors (Lipinski definition) is 3. The van der Waals surface area contributed by atoms with Gasteiger partial charge in [0.2, 0.25) is 5.91 Å². The monoisotopic (exact) mass is 304 g/mol. The fourth-order valence-electron chi connectivity index (χ4n) is 2.87. The molecule has 2 fully saturated rings. The van der Waals surface area contributed by atoms with Gasteiger partial charge in [-0.1, -0.05) is 30.3 Å². The van der Waals surface area contributed by atoms with Crippen LogP contribution in [-0.4, -0.2) is 41.2 Å². The molecule has 0 aromatic heterocycles. The summed E-state index contributed by atoms with van der Waals surface area (Å²) >= 11 is 1.71. The summed E-state index contributed by atoms with van der Waals surface area (Å²) in [5, 5.41) is 3.24. The molecule has 0 radical (unpaired) electrons. The first-order valence-electron chi connectivity index (χ1n) is 7.92. The smallest absolute Gasteiger partial charge is 0.233 e. The summed E-state index contributed by atoms with van der Waals surface area (Å²) in [4.78, 5) is 14.8. The molecule has 0 bridgehead atoms. The van der Waals surface area contributed by atoms with Gasteiger partial charge in [0.05, 0.1) is 5.25 Å². The Morgan fingerprint density at radius 2 is 2.10 bits per heavy atom. The molecular formula is C17H24N2OS. The number of thioether (sulfide) groups is 1. The van der Waals surface area contributed by atoms with E-state index in [9.17, 15) is 4.79 Å². The molecule has 1 aliphatic carbocycles. The number of benzene rings is 1. The van der Waals surface area contributed by atoms with Gasteiger partial charge in [-0.3, -0.25) is 9.69 Å². The molecule has 1 aliphatic heterocycles. The van der Waals surface area contributed by atoms with E-state index in [4.69, 9.17) is 0 Å². The Balaban J connectivity index is 1.40. The lowest BCUT2D eigenvalue weighted by Crippen LogP contribution is -2.41. The fraction of sp³-hybridized carbons (Fsp3) is 0.588. The minimum atomic E-state index is 0.0141. The number of amides is 1. The van der Waals surface area contributed by atoms with Gasteiger partial charge in [-0.05, 0) is 31.7 Å². The topological polar surface area (TPSA) is 32.3 Å². The predicted molar refractivity (Wildman–Crippen MR) is 88.3 cm³/mol. The van der Waals surface area contributed by atoms with Crippen molar-refractivity contribution in [1.29, 1.82) is 0 Å². The molecule has 1 aromatic rings. The van der Waals surface area contributed by atoms with E-state index in [1.165, 1.54) is 18.4 Å². The van der Waals surface area contributed by atoms with Crippen LogP contribution in [0.1, 0.15) is 31.7 Å². The molecule has 21 heavy (non-hydrogen) atoms. The summed E-state index contributed by atoms with van der Waals surface area (Å²) in [6, 6.07) is 11.5. The standard InChI is InChI=1S/C17H24N2OS/c1-13(21-12-14-5-3-2-4-6-14)17(20)18-15-9-10-19(11-15)16-7-8-16/h2-6,13,15-16H,7-12H2,1H3,(H,18,20)/t13-,15+/m1/s1. The Hall–Kier alpha value is -1.00. The number of carbonyl (C=O) groups is 1. The first kappa shape index (κ1) is 14.9. The van der Waals surface area contributed by atoms with Crippen molar-refractivity contribution in [3.05, 3.63) is 35.9 Å². The number of rotatable bonds is 6. The minimum Gasteiger partial charge on any atom is -0.351 e. The van der Waals surface area contributed by atoms with Crippen molar-refractivity contribution in [3.8, 4) is 0 Å². The first-order chi connectivity index (χ1) is 10.2. The van der Waals surface area contributed by atoms with Crippen LogP contribution in [0.25, 0.3) is 0 Å². The first-order valence-corrected chi connectivity index (χ1v) is 8.97. The molecule has 3 rings (SSSR count). The van der Waals surface area contributed by atoms with Crippen LogP contribution in [-0.2, 0) is 10.5 Å². The Morgan fingerprint density at radius 3 is 2.81 bits per heavy atom. The lowest BCUT2D eigenvalue weighted by atomic mass is 10.2. The molecule has 2 atom stereocenters. The number of nitrogens with one attached hydrogen (secondary N) is 1. The van der Waals surface area contributed by atoms with Crippen LogP contribution in [0.3, 0.4) is 0 Å². The quantitative estimate of drug-likeness (QED) is 0.877.